The molecule has 4 nitrogen and oxygen atoms in total. The molecular formula is C12H23NO3. The van der Waals surface area contributed by atoms with Crippen molar-refractivity contribution in [1.29, 1.82) is 0 Å². The van der Waals surface area contributed by atoms with Crippen LogP contribution in [0.15, 0.2) is 0 Å². The maximum atomic E-state index is 11.3. The molecule has 0 aromatic rings. The molecule has 16 heavy (non-hydrogen) atoms. The third-order valence-corrected chi connectivity index (χ3v) is 3.65. The molecule has 1 atom stereocenters. The number of amides is 1. The maximum absolute atomic E-state index is 11.3. The fourth-order valence-corrected chi connectivity index (χ4v) is 2.75. The molecule has 1 fully saturated rings. The minimum Gasteiger partial charge on any atom is -0.465 e. The van der Waals surface area contributed by atoms with E-state index in [4.69, 9.17) is 5.11 Å². The molecule has 1 heterocycles. The van der Waals surface area contributed by atoms with Crippen molar-refractivity contribution in [3.8, 4) is 0 Å². The fourth-order valence-electron chi connectivity index (χ4n) is 2.75. The summed E-state index contributed by atoms with van der Waals surface area (Å²) in [6, 6.07) is 0. The average molecular weight is 229 g/mol. The van der Waals surface area contributed by atoms with Gasteiger partial charge in [0.2, 0.25) is 0 Å². The SMILES string of the molecule is CCCCC1(CCO)CCCCN1C(=O)O. The van der Waals surface area contributed by atoms with E-state index in [2.05, 4.69) is 6.92 Å². The van der Waals surface area contributed by atoms with Crippen LogP contribution in [-0.4, -0.2) is 39.9 Å². The van der Waals surface area contributed by atoms with E-state index >= 15 is 0 Å². The van der Waals surface area contributed by atoms with Gasteiger partial charge in [-0.2, -0.15) is 0 Å². The molecule has 2 N–H and O–H groups in total. The highest BCUT2D eigenvalue weighted by atomic mass is 16.4. The number of likely N-dealkylation sites (tertiary alicyclic amines) is 1. The Kier molecular flexibility index (Phi) is 5.06. The number of carboxylic acid groups (broad SMARTS) is 1. The highest BCUT2D eigenvalue weighted by molar-refractivity contribution is 5.66. The van der Waals surface area contributed by atoms with Gasteiger partial charge in [0.1, 0.15) is 0 Å². The Hall–Kier alpha value is -0.770. The molecule has 0 spiro atoms. The number of piperidine rings is 1. The van der Waals surface area contributed by atoms with E-state index in [-0.39, 0.29) is 12.1 Å². The monoisotopic (exact) mass is 229 g/mol. The summed E-state index contributed by atoms with van der Waals surface area (Å²) in [5, 5.41) is 18.4. The Morgan fingerprint density at radius 3 is 2.69 bits per heavy atom. The molecule has 4 heteroatoms. The number of unbranched alkanes of at least 4 members (excludes halogenated alkanes) is 1. The molecule has 94 valence electrons. The van der Waals surface area contributed by atoms with Crippen molar-refractivity contribution in [2.24, 2.45) is 0 Å². The molecule has 1 unspecified atom stereocenters. The van der Waals surface area contributed by atoms with Crippen molar-refractivity contribution < 1.29 is 15.0 Å². The smallest absolute Gasteiger partial charge is 0.407 e. The quantitative estimate of drug-likeness (QED) is 0.761. The van der Waals surface area contributed by atoms with Crippen LogP contribution < -0.4 is 0 Å². The van der Waals surface area contributed by atoms with Crippen LogP contribution in [0.4, 0.5) is 4.79 Å². The summed E-state index contributed by atoms with van der Waals surface area (Å²) in [6.45, 7) is 2.81. The van der Waals surface area contributed by atoms with Gasteiger partial charge in [0, 0.05) is 18.7 Å². The number of hydrogen-bond acceptors (Lipinski definition) is 2. The van der Waals surface area contributed by atoms with Gasteiger partial charge in [-0.15, -0.1) is 0 Å². The van der Waals surface area contributed by atoms with Crippen molar-refractivity contribution >= 4 is 6.09 Å². The van der Waals surface area contributed by atoms with Crippen molar-refractivity contribution in [2.75, 3.05) is 13.2 Å². The predicted molar refractivity (Wildman–Crippen MR) is 62.5 cm³/mol. The first-order valence-electron chi connectivity index (χ1n) is 6.28. The highest BCUT2D eigenvalue weighted by Gasteiger charge is 2.40. The third-order valence-electron chi connectivity index (χ3n) is 3.65. The lowest BCUT2D eigenvalue weighted by atomic mass is 9.80. The van der Waals surface area contributed by atoms with Crippen LogP contribution >= 0.6 is 0 Å². The van der Waals surface area contributed by atoms with Crippen LogP contribution in [0.25, 0.3) is 0 Å². The lowest BCUT2D eigenvalue weighted by molar-refractivity contribution is 0.0234. The molecule has 0 aromatic carbocycles. The molecule has 0 bridgehead atoms. The lowest BCUT2D eigenvalue weighted by Crippen LogP contribution is -2.54. The van der Waals surface area contributed by atoms with E-state index in [0.29, 0.717) is 13.0 Å². The van der Waals surface area contributed by atoms with E-state index < -0.39 is 6.09 Å². The Morgan fingerprint density at radius 2 is 2.12 bits per heavy atom. The molecule has 1 aliphatic rings. The topological polar surface area (TPSA) is 60.8 Å². The van der Waals surface area contributed by atoms with E-state index in [1.54, 1.807) is 4.90 Å². The highest BCUT2D eigenvalue weighted by Crippen LogP contribution is 2.35. The summed E-state index contributed by atoms with van der Waals surface area (Å²) < 4.78 is 0. The van der Waals surface area contributed by atoms with Gasteiger partial charge < -0.3 is 15.1 Å². The number of aliphatic hydroxyl groups excluding tert-OH is 1. The molecule has 0 aliphatic carbocycles. The Bertz CT molecular complexity index is 228. The van der Waals surface area contributed by atoms with Gasteiger partial charge in [-0.05, 0) is 32.1 Å². The molecule has 1 amide bonds. The lowest BCUT2D eigenvalue weighted by Gasteiger charge is -2.46. The van der Waals surface area contributed by atoms with Gasteiger partial charge >= 0.3 is 6.09 Å². The fraction of sp³-hybridized carbons (Fsp3) is 0.917. The zero-order valence-electron chi connectivity index (χ0n) is 10.1. The first kappa shape index (κ1) is 13.3. The normalized spacial score (nSPS) is 25.8. The minimum absolute atomic E-state index is 0.0769. The summed E-state index contributed by atoms with van der Waals surface area (Å²) in [5.74, 6) is 0. The van der Waals surface area contributed by atoms with Gasteiger partial charge in [0.25, 0.3) is 0 Å². The second kappa shape index (κ2) is 6.09. The third kappa shape index (κ3) is 2.88. The maximum Gasteiger partial charge on any atom is 0.407 e. The second-order valence-electron chi connectivity index (χ2n) is 4.69. The van der Waals surface area contributed by atoms with Gasteiger partial charge in [0.05, 0.1) is 0 Å². The predicted octanol–water partition coefficient (Wildman–Crippen LogP) is 2.46. The molecule has 1 saturated heterocycles. The van der Waals surface area contributed by atoms with Crippen LogP contribution in [-0.2, 0) is 0 Å². The van der Waals surface area contributed by atoms with Gasteiger partial charge in [-0.3, -0.25) is 0 Å². The molecule has 1 aliphatic heterocycles. The van der Waals surface area contributed by atoms with Crippen molar-refractivity contribution in [2.45, 2.75) is 57.4 Å². The van der Waals surface area contributed by atoms with Gasteiger partial charge in [0.15, 0.2) is 0 Å². The molecule has 0 saturated carbocycles. The van der Waals surface area contributed by atoms with Crippen molar-refractivity contribution in [3.63, 3.8) is 0 Å². The summed E-state index contributed by atoms with van der Waals surface area (Å²) in [4.78, 5) is 12.8. The molecule has 0 aromatic heterocycles. The van der Waals surface area contributed by atoms with Gasteiger partial charge in [-0.1, -0.05) is 19.8 Å². The molecule has 0 radical (unpaired) electrons. The minimum atomic E-state index is -0.829. The largest absolute Gasteiger partial charge is 0.465 e. The van der Waals surface area contributed by atoms with Crippen molar-refractivity contribution in [3.05, 3.63) is 0 Å². The van der Waals surface area contributed by atoms with Crippen LogP contribution in [0.3, 0.4) is 0 Å². The molecule has 1 rings (SSSR count). The van der Waals surface area contributed by atoms with E-state index in [1.165, 1.54) is 0 Å². The number of nitrogens with zero attached hydrogens (tertiary/aromatic N) is 1. The van der Waals surface area contributed by atoms with E-state index in [0.717, 1.165) is 38.5 Å². The standard InChI is InChI=1S/C12H23NO3/c1-2-3-6-12(8-10-14)7-4-5-9-13(12)11(15)16/h14H,2-10H2,1H3,(H,15,16). The number of rotatable bonds is 5. The first-order valence-corrected chi connectivity index (χ1v) is 6.28. The van der Waals surface area contributed by atoms with Crippen molar-refractivity contribution in [1.82, 2.24) is 4.90 Å². The second-order valence-corrected chi connectivity index (χ2v) is 4.69. The first-order chi connectivity index (χ1) is 7.66. The summed E-state index contributed by atoms with van der Waals surface area (Å²) >= 11 is 0. The number of carbonyl (C=O) groups is 1. The summed E-state index contributed by atoms with van der Waals surface area (Å²) in [7, 11) is 0. The summed E-state index contributed by atoms with van der Waals surface area (Å²) in [5.41, 5.74) is -0.297. The zero-order valence-corrected chi connectivity index (χ0v) is 10.1. The van der Waals surface area contributed by atoms with Crippen LogP contribution in [0.2, 0.25) is 0 Å². The number of aliphatic hydroxyl groups is 1. The Labute approximate surface area is 97.3 Å². The van der Waals surface area contributed by atoms with Gasteiger partial charge in [-0.25, -0.2) is 4.79 Å². The van der Waals surface area contributed by atoms with E-state index in [9.17, 15) is 9.90 Å². The average Bonchev–Trinajstić information content (AvgIpc) is 2.27. The van der Waals surface area contributed by atoms with Crippen LogP contribution in [0, 0.1) is 0 Å². The van der Waals surface area contributed by atoms with Crippen LogP contribution in [0.1, 0.15) is 51.9 Å². The number of hydrogen-bond donors (Lipinski definition) is 2. The Balaban J connectivity index is 2.79. The molecular weight excluding hydrogens is 206 g/mol. The summed E-state index contributed by atoms with van der Waals surface area (Å²) in [6.07, 6.45) is 5.67. The van der Waals surface area contributed by atoms with Crippen LogP contribution in [0.5, 0.6) is 0 Å². The Morgan fingerprint density at radius 1 is 1.38 bits per heavy atom. The zero-order chi connectivity index (χ0) is 12.0. The van der Waals surface area contributed by atoms with E-state index in [1.807, 2.05) is 0 Å².